The summed E-state index contributed by atoms with van der Waals surface area (Å²) >= 11 is 0. The first-order valence-corrected chi connectivity index (χ1v) is 8.66. The van der Waals surface area contributed by atoms with E-state index in [1.165, 1.54) is 4.74 Å². The third kappa shape index (κ3) is 5.83. The standard InChI is InChI=1S/C16H7F18NO3/c1-5-4-6(17)2-3-7(5)35-8(36)9(18,12(22,23)24)37-16(33,34)11(21,14(28,29)30)38-15(31,32)10(19,20)13(25,26)27/h2-4H,1H3,(H,35,36)/t9-,11-/m1/s1. The van der Waals surface area contributed by atoms with Crippen molar-refractivity contribution < 1.29 is 93.3 Å². The molecule has 1 aromatic carbocycles. The minimum Gasteiger partial charge on any atom is -0.321 e. The first-order valence-electron chi connectivity index (χ1n) is 8.66. The maximum atomic E-state index is 14.4. The number of nitrogens with one attached hydrogen (secondary N) is 1. The first-order chi connectivity index (χ1) is 16.5. The molecule has 0 aromatic heterocycles. The van der Waals surface area contributed by atoms with Crippen molar-refractivity contribution in [1.29, 1.82) is 0 Å². The van der Waals surface area contributed by atoms with Crippen LogP contribution in [0.1, 0.15) is 5.56 Å². The van der Waals surface area contributed by atoms with Crippen LogP contribution in [0.2, 0.25) is 0 Å². The van der Waals surface area contributed by atoms with Gasteiger partial charge in [-0.1, -0.05) is 0 Å². The molecule has 0 aliphatic rings. The largest absolute Gasteiger partial charge is 0.462 e. The maximum absolute atomic E-state index is 14.4. The molecule has 0 saturated heterocycles. The smallest absolute Gasteiger partial charge is 0.321 e. The average Bonchev–Trinajstić information content (AvgIpc) is 2.66. The van der Waals surface area contributed by atoms with Crippen molar-refractivity contribution in [2.75, 3.05) is 5.32 Å². The second kappa shape index (κ2) is 9.52. The quantitative estimate of drug-likeness (QED) is 0.328. The topological polar surface area (TPSA) is 47.6 Å². The van der Waals surface area contributed by atoms with Gasteiger partial charge in [0.2, 0.25) is 0 Å². The minimum absolute atomic E-state index is 0.329. The van der Waals surface area contributed by atoms with Gasteiger partial charge in [0.05, 0.1) is 0 Å². The van der Waals surface area contributed by atoms with Crippen LogP contribution >= 0.6 is 0 Å². The van der Waals surface area contributed by atoms with Crippen LogP contribution in [0.25, 0.3) is 0 Å². The molecule has 0 spiro atoms. The summed E-state index contributed by atoms with van der Waals surface area (Å²) in [5.74, 6) is -27.7. The fourth-order valence-corrected chi connectivity index (χ4v) is 2.13. The molecule has 1 rings (SSSR count). The molecule has 22 heteroatoms. The van der Waals surface area contributed by atoms with Gasteiger partial charge in [-0.3, -0.25) is 14.3 Å². The number of aryl methyl sites for hydroxylation is 1. The van der Waals surface area contributed by atoms with Crippen molar-refractivity contribution in [3.63, 3.8) is 0 Å². The predicted octanol–water partition coefficient (Wildman–Crippen LogP) is 6.95. The van der Waals surface area contributed by atoms with E-state index in [4.69, 9.17) is 0 Å². The molecule has 220 valence electrons. The number of carbonyl (C=O) groups is 1. The van der Waals surface area contributed by atoms with Gasteiger partial charge >= 0.3 is 48.4 Å². The van der Waals surface area contributed by atoms with E-state index in [1.807, 2.05) is 4.74 Å². The highest BCUT2D eigenvalue weighted by Crippen LogP contribution is 2.56. The lowest BCUT2D eigenvalue weighted by Gasteiger charge is -2.40. The molecule has 1 N–H and O–H groups in total. The van der Waals surface area contributed by atoms with Crippen molar-refractivity contribution in [1.82, 2.24) is 0 Å². The zero-order valence-electron chi connectivity index (χ0n) is 17.3. The summed E-state index contributed by atoms with van der Waals surface area (Å²) in [5, 5.41) is 0.769. The van der Waals surface area contributed by atoms with Crippen LogP contribution in [0.5, 0.6) is 0 Å². The number of amides is 1. The Morgan fingerprint density at radius 2 is 1.16 bits per heavy atom. The molecular formula is C16H7F18NO3. The highest BCUT2D eigenvalue weighted by Gasteiger charge is 2.85. The van der Waals surface area contributed by atoms with Gasteiger partial charge in [0.15, 0.2) is 0 Å². The van der Waals surface area contributed by atoms with E-state index in [1.54, 1.807) is 0 Å². The van der Waals surface area contributed by atoms with Gasteiger partial charge in [0.25, 0.3) is 5.91 Å². The Morgan fingerprint density at radius 3 is 1.53 bits per heavy atom. The number of hydrogen-bond donors (Lipinski definition) is 1. The molecule has 0 aliphatic heterocycles. The van der Waals surface area contributed by atoms with Gasteiger partial charge in [-0.05, 0) is 30.7 Å². The third-order valence-electron chi connectivity index (χ3n) is 4.09. The molecule has 38 heavy (non-hydrogen) atoms. The number of carbonyl (C=O) groups excluding carboxylic acids is 1. The van der Waals surface area contributed by atoms with Crippen LogP contribution in [0.3, 0.4) is 0 Å². The Bertz CT molecular complexity index is 1030. The molecule has 4 nitrogen and oxygen atoms in total. The Hall–Kier alpha value is -2.65. The van der Waals surface area contributed by atoms with Gasteiger partial charge in [-0.2, -0.15) is 74.6 Å². The summed E-state index contributed by atoms with van der Waals surface area (Å²) < 4.78 is 239. The predicted molar refractivity (Wildman–Crippen MR) is 82.6 cm³/mol. The molecule has 1 aromatic rings. The van der Waals surface area contributed by atoms with E-state index in [0.29, 0.717) is 18.2 Å². The molecule has 0 bridgehead atoms. The summed E-state index contributed by atoms with van der Waals surface area (Å²) in [6, 6.07) is 1.08. The van der Waals surface area contributed by atoms with E-state index < -0.39 is 71.4 Å². The van der Waals surface area contributed by atoms with Crippen LogP contribution < -0.4 is 5.32 Å². The van der Waals surface area contributed by atoms with Gasteiger partial charge in [0.1, 0.15) is 5.82 Å². The van der Waals surface area contributed by atoms with Gasteiger partial charge in [0, 0.05) is 5.69 Å². The number of ether oxygens (including phenoxy) is 2. The molecule has 0 fully saturated rings. The first kappa shape index (κ1) is 33.4. The maximum Gasteiger partial charge on any atom is 0.462 e. The van der Waals surface area contributed by atoms with Crippen LogP contribution in [-0.4, -0.2) is 54.3 Å². The number of halogens is 18. The highest BCUT2D eigenvalue weighted by molar-refractivity contribution is 5.97. The Balaban J connectivity index is 3.65. The number of hydrogen-bond acceptors (Lipinski definition) is 3. The van der Waals surface area contributed by atoms with E-state index in [-0.39, 0.29) is 0 Å². The van der Waals surface area contributed by atoms with Gasteiger partial charge in [-0.25, -0.2) is 4.39 Å². The lowest BCUT2D eigenvalue weighted by Crippen LogP contribution is -2.68. The lowest BCUT2D eigenvalue weighted by molar-refractivity contribution is -0.548. The number of alkyl halides is 17. The summed E-state index contributed by atoms with van der Waals surface area (Å²) in [6.45, 7) is 0.772. The Kier molecular flexibility index (Phi) is 8.36. The monoisotopic (exact) mass is 603 g/mol. The van der Waals surface area contributed by atoms with Crippen LogP contribution in [0.15, 0.2) is 18.2 Å². The zero-order chi connectivity index (χ0) is 30.6. The Morgan fingerprint density at radius 1 is 0.684 bits per heavy atom. The molecule has 1 amide bonds. The normalized spacial score (nSPS) is 17.6. The second-order valence-electron chi connectivity index (χ2n) is 6.91. The molecule has 0 saturated carbocycles. The summed E-state index contributed by atoms with van der Waals surface area (Å²) in [7, 11) is 0. The average molecular weight is 603 g/mol. The van der Waals surface area contributed by atoms with Crippen molar-refractivity contribution in [3.05, 3.63) is 29.6 Å². The molecule has 0 radical (unpaired) electrons. The Labute approximate surface area is 196 Å². The van der Waals surface area contributed by atoms with Crippen LogP contribution in [0, 0.1) is 12.7 Å². The molecular weight excluding hydrogens is 596 g/mol. The number of benzene rings is 1. The van der Waals surface area contributed by atoms with E-state index in [2.05, 4.69) is 0 Å². The third-order valence-corrected chi connectivity index (χ3v) is 4.09. The zero-order valence-corrected chi connectivity index (χ0v) is 17.3. The van der Waals surface area contributed by atoms with Crippen molar-refractivity contribution in [3.8, 4) is 0 Å². The summed E-state index contributed by atoms with van der Waals surface area (Å²) in [4.78, 5) is 11.7. The minimum atomic E-state index is -8.10. The molecule has 2 atom stereocenters. The van der Waals surface area contributed by atoms with E-state index in [9.17, 15) is 83.8 Å². The number of rotatable bonds is 8. The molecule has 0 unspecified atom stereocenters. The summed E-state index contributed by atoms with van der Waals surface area (Å²) in [6.07, 6.45) is -38.8. The van der Waals surface area contributed by atoms with Gasteiger partial charge < -0.3 is 5.32 Å². The summed E-state index contributed by atoms with van der Waals surface area (Å²) in [5.41, 5.74) is -1.69. The second-order valence-corrected chi connectivity index (χ2v) is 6.91. The van der Waals surface area contributed by atoms with Crippen LogP contribution in [0.4, 0.5) is 84.7 Å². The van der Waals surface area contributed by atoms with Crippen molar-refractivity contribution in [2.45, 2.75) is 55.3 Å². The van der Waals surface area contributed by atoms with Crippen molar-refractivity contribution in [2.24, 2.45) is 0 Å². The van der Waals surface area contributed by atoms with Gasteiger partial charge in [-0.15, -0.1) is 0 Å². The SMILES string of the molecule is Cc1cc(F)ccc1NC(=O)[C@@](F)(OC(F)(F)[C@](F)(OC(F)(F)C(F)(F)C(F)(F)F)C(F)(F)F)C(F)(F)F. The molecule has 0 heterocycles. The van der Waals surface area contributed by atoms with Crippen molar-refractivity contribution >= 4 is 11.6 Å². The van der Waals surface area contributed by atoms with E-state index in [0.717, 1.165) is 12.2 Å². The van der Waals surface area contributed by atoms with Crippen LogP contribution in [-0.2, 0) is 14.3 Å². The fraction of sp³-hybridized carbons (Fsp3) is 0.562. The molecule has 0 aliphatic carbocycles. The fourth-order valence-electron chi connectivity index (χ4n) is 2.13. The van der Waals surface area contributed by atoms with E-state index >= 15 is 0 Å². The highest BCUT2D eigenvalue weighted by atomic mass is 19.4. The number of anilines is 1. The lowest BCUT2D eigenvalue weighted by atomic mass is 10.1.